The highest BCUT2D eigenvalue weighted by Crippen LogP contribution is 2.21. The number of guanidine groups is 1. The summed E-state index contributed by atoms with van der Waals surface area (Å²) in [7, 11) is 1.69. The van der Waals surface area contributed by atoms with E-state index >= 15 is 0 Å². The molecule has 1 fully saturated rings. The van der Waals surface area contributed by atoms with Gasteiger partial charge in [0, 0.05) is 25.6 Å². The van der Waals surface area contributed by atoms with Crippen LogP contribution in [-0.4, -0.2) is 36.0 Å². The normalized spacial score (nSPS) is 19.4. The van der Waals surface area contributed by atoms with Crippen molar-refractivity contribution in [3.8, 4) is 0 Å². The highest BCUT2D eigenvalue weighted by molar-refractivity contribution is 7.09. The Balaban J connectivity index is 1.89. The summed E-state index contributed by atoms with van der Waals surface area (Å²) in [6.45, 7) is 6.86. The van der Waals surface area contributed by atoms with Crippen LogP contribution < -0.4 is 5.73 Å². The molecule has 1 saturated heterocycles. The number of aliphatic imine (C=N–C) groups is 1. The van der Waals surface area contributed by atoms with Crippen LogP contribution in [0.5, 0.6) is 0 Å². The fraction of sp³-hybridized carbons (Fsp3) is 0.714. The van der Waals surface area contributed by atoms with E-state index in [0.717, 1.165) is 29.7 Å². The lowest BCUT2D eigenvalue weighted by Gasteiger charge is -2.30. The number of methoxy groups -OCH3 is 1. The van der Waals surface area contributed by atoms with Gasteiger partial charge in [0.25, 0.3) is 0 Å². The molecule has 2 rings (SSSR count). The summed E-state index contributed by atoms with van der Waals surface area (Å²) < 4.78 is 5.26. The van der Waals surface area contributed by atoms with Crippen molar-refractivity contribution in [3.63, 3.8) is 0 Å². The molecule has 0 amide bonds. The van der Waals surface area contributed by atoms with Crippen LogP contribution in [0.2, 0.25) is 0 Å². The molecule has 1 aromatic heterocycles. The van der Waals surface area contributed by atoms with Gasteiger partial charge in [0.1, 0.15) is 11.1 Å². The Morgan fingerprint density at radius 1 is 1.60 bits per heavy atom. The quantitative estimate of drug-likeness (QED) is 0.684. The minimum atomic E-state index is 0.0404. The van der Waals surface area contributed by atoms with Crippen LogP contribution in [0.1, 0.15) is 43.5 Å². The summed E-state index contributed by atoms with van der Waals surface area (Å²) in [6.07, 6.45) is 2.43. The van der Waals surface area contributed by atoms with Crippen molar-refractivity contribution < 1.29 is 4.74 Å². The van der Waals surface area contributed by atoms with Crippen LogP contribution >= 0.6 is 11.3 Å². The molecule has 0 bridgehead atoms. The molecule has 0 aromatic carbocycles. The van der Waals surface area contributed by atoms with E-state index < -0.39 is 0 Å². The molecule has 0 aliphatic carbocycles. The third-order valence-electron chi connectivity index (χ3n) is 3.78. The van der Waals surface area contributed by atoms with Gasteiger partial charge in [0.15, 0.2) is 5.96 Å². The van der Waals surface area contributed by atoms with Crippen molar-refractivity contribution in [2.45, 2.75) is 39.3 Å². The molecule has 0 radical (unpaired) electrons. The van der Waals surface area contributed by atoms with Crippen LogP contribution in [0.25, 0.3) is 0 Å². The largest absolute Gasteiger partial charge is 0.375 e. The second kappa shape index (κ2) is 7.04. The fourth-order valence-electron chi connectivity index (χ4n) is 2.18. The van der Waals surface area contributed by atoms with E-state index in [0.29, 0.717) is 12.5 Å². The van der Waals surface area contributed by atoms with E-state index in [-0.39, 0.29) is 6.10 Å². The second-order valence-corrected chi connectivity index (χ2v) is 6.29. The Bertz CT molecular complexity index is 452. The lowest BCUT2D eigenvalue weighted by Crippen LogP contribution is -2.42. The van der Waals surface area contributed by atoms with Crippen molar-refractivity contribution in [1.29, 1.82) is 0 Å². The van der Waals surface area contributed by atoms with E-state index in [1.54, 1.807) is 18.4 Å². The Kier molecular flexibility index (Phi) is 5.37. The number of aromatic nitrogens is 1. The van der Waals surface area contributed by atoms with Gasteiger partial charge >= 0.3 is 0 Å². The molecule has 112 valence electrons. The zero-order valence-electron chi connectivity index (χ0n) is 12.5. The van der Waals surface area contributed by atoms with Crippen molar-refractivity contribution >= 4 is 17.3 Å². The lowest BCUT2D eigenvalue weighted by atomic mass is 10.00. The number of ether oxygens (including phenoxy) is 1. The smallest absolute Gasteiger partial charge is 0.191 e. The van der Waals surface area contributed by atoms with Crippen LogP contribution in [0.4, 0.5) is 0 Å². The molecule has 2 N–H and O–H groups in total. The predicted octanol–water partition coefficient (Wildman–Crippen LogP) is 2.40. The second-order valence-electron chi connectivity index (χ2n) is 5.40. The molecule has 1 aromatic rings. The molecular formula is C14H24N4OS. The van der Waals surface area contributed by atoms with E-state index in [4.69, 9.17) is 10.5 Å². The fourth-order valence-corrected chi connectivity index (χ4v) is 3.02. The van der Waals surface area contributed by atoms with Crippen LogP contribution in [0, 0.1) is 5.92 Å². The maximum Gasteiger partial charge on any atom is 0.191 e. The third-order valence-corrected chi connectivity index (χ3v) is 4.84. The maximum atomic E-state index is 6.06. The van der Waals surface area contributed by atoms with Gasteiger partial charge in [-0.2, -0.15) is 0 Å². The third kappa shape index (κ3) is 3.93. The predicted molar refractivity (Wildman–Crippen MR) is 82.8 cm³/mol. The van der Waals surface area contributed by atoms with Crippen molar-refractivity contribution in [3.05, 3.63) is 16.1 Å². The molecule has 0 saturated carbocycles. The van der Waals surface area contributed by atoms with Gasteiger partial charge < -0.3 is 15.4 Å². The molecule has 1 atom stereocenters. The molecule has 1 unspecified atom stereocenters. The highest BCUT2D eigenvalue weighted by atomic mass is 32.1. The first-order chi connectivity index (χ1) is 9.60. The molecule has 20 heavy (non-hydrogen) atoms. The monoisotopic (exact) mass is 296 g/mol. The minimum Gasteiger partial charge on any atom is -0.375 e. The van der Waals surface area contributed by atoms with Crippen molar-refractivity contribution in [2.75, 3.05) is 20.2 Å². The highest BCUT2D eigenvalue weighted by Gasteiger charge is 2.17. The molecule has 2 heterocycles. The molecule has 5 nitrogen and oxygen atoms in total. The van der Waals surface area contributed by atoms with Crippen LogP contribution in [0.3, 0.4) is 0 Å². The van der Waals surface area contributed by atoms with Crippen LogP contribution in [0.15, 0.2) is 10.4 Å². The number of likely N-dealkylation sites (tertiary alicyclic amines) is 1. The van der Waals surface area contributed by atoms with Gasteiger partial charge in [-0.3, -0.25) is 0 Å². The maximum absolute atomic E-state index is 6.06. The van der Waals surface area contributed by atoms with Gasteiger partial charge in [-0.15, -0.1) is 11.3 Å². The summed E-state index contributed by atoms with van der Waals surface area (Å²) in [5.41, 5.74) is 7.02. The number of piperidine rings is 1. The van der Waals surface area contributed by atoms with Crippen LogP contribution in [-0.2, 0) is 11.3 Å². The van der Waals surface area contributed by atoms with Gasteiger partial charge in [-0.1, -0.05) is 6.92 Å². The standard InChI is InChI=1S/C14H24N4OS/c1-10-4-6-18(7-5-10)14(15)16-8-12-9-20-13(17-12)11(2)19-3/h9-11H,4-8H2,1-3H3,(H2,15,16). The zero-order valence-corrected chi connectivity index (χ0v) is 13.3. The number of nitrogens with zero attached hydrogens (tertiary/aromatic N) is 3. The summed E-state index contributed by atoms with van der Waals surface area (Å²) in [6, 6.07) is 0. The van der Waals surface area contributed by atoms with Crippen molar-refractivity contribution in [2.24, 2.45) is 16.6 Å². The first-order valence-corrected chi connectivity index (χ1v) is 8.00. The molecule has 0 spiro atoms. The first kappa shape index (κ1) is 15.3. The van der Waals surface area contributed by atoms with E-state index in [2.05, 4.69) is 21.8 Å². The van der Waals surface area contributed by atoms with E-state index in [1.165, 1.54) is 12.8 Å². The zero-order chi connectivity index (χ0) is 14.5. The van der Waals surface area contributed by atoms with E-state index in [9.17, 15) is 0 Å². The SMILES string of the molecule is COC(C)c1nc(CN=C(N)N2CCC(C)CC2)cs1. The average Bonchev–Trinajstić information content (AvgIpc) is 2.93. The molecule has 6 heteroatoms. The number of hydrogen-bond donors (Lipinski definition) is 1. The molecule has 1 aliphatic heterocycles. The summed E-state index contributed by atoms with van der Waals surface area (Å²) in [4.78, 5) is 11.2. The molecular weight excluding hydrogens is 272 g/mol. The van der Waals surface area contributed by atoms with E-state index in [1.807, 2.05) is 12.3 Å². The number of rotatable bonds is 4. The van der Waals surface area contributed by atoms with Gasteiger partial charge in [-0.05, 0) is 25.7 Å². The summed E-state index contributed by atoms with van der Waals surface area (Å²) in [5.74, 6) is 1.45. The topological polar surface area (TPSA) is 63.7 Å². The average molecular weight is 296 g/mol. The minimum absolute atomic E-state index is 0.0404. The van der Waals surface area contributed by atoms with Gasteiger partial charge in [0.05, 0.1) is 12.2 Å². The summed E-state index contributed by atoms with van der Waals surface area (Å²) in [5, 5.41) is 3.02. The molecule has 1 aliphatic rings. The Labute approximate surface area is 124 Å². The Hall–Kier alpha value is -1.14. The van der Waals surface area contributed by atoms with Gasteiger partial charge in [0.2, 0.25) is 0 Å². The lowest BCUT2D eigenvalue weighted by molar-refractivity contribution is 0.119. The number of thiazole rings is 1. The Morgan fingerprint density at radius 2 is 2.30 bits per heavy atom. The first-order valence-electron chi connectivity index (χ1n) is 7.12. The van der Waals surface area contributed by atoms with Gasteiger partial charge in [-0.25, -0.2) is 9.98 Å². The number of hydrogen-bond acceptors (Lipinski definition) is 4. The van der Waals surface area contributed by atoms with Crippen molar-refractivity contribution in [1.82, 2.24) is 9.88 Å². The summed E-state index contributed by atoms with van der Waals surface area (Å²) >= 11 is 1.61. The number of nitrogens with two attached hydrogens (primary N) is 1. The Morgan fingerprint density at radius 3 is 2.95 bits per heavy atom.